The van der Waals surface area contributed by atoms with Gasteiger partial charge in [-0.25, -0.2) is 4.98 Å². The molecule has 2 aromatic heterocycles. The molecule has 3 aromatic rings. The zero-order valence-electron chi connectivity index (χ0n) is 16.0. The molecule has 0 aliphatic heterocycles. The largest absolute Gasteiger partial charge is 0.493 e. The lowest BCUT2D eigenvalue weighted by Gasteiger charge is -2.09. The lowest BCUT2D eigenvalue weighted by atomic mass is 10.2. The van der Waals surface area contributed by atoms with E-state index in [0.717, 1.165) is 11.8 Å². The molecule has 31 heavy (non-hydrogen) atoms. The minimum absolute atomic E-state index is 0.117. The molecule has 0 spiro atoms. The van der Waals surface area contributed by atoms with Gasteiger partial charge in [0.05, 0.1) is 30.6 Å². The number of methoxy groups -OCH3 is 2. The number of hydrogen-bond acceptors (Lipinski definition) is 8. The normalized spacial score (nSPS) is 11.3. The van der Waals surface area contributed by atoms with Crippen molar-refractivity contribution in [3.05, 3.63) is 41.0 Å². The highest BCUT2D eigenvalue weighted by atomic mass is 35.5. The predicted octanol–water partition coefficient (Wildman–Crippen LogP) is 4.55. The number of benzene rings is 1. The number of anilines is 1. The molecular formula is C18H14ClF3N4O4S. The van der Waals surface area contributed by atoms with E-state index in [9.17, 15) is 18.0 Å². The van der Waals surface area contributed by atoms with E-state index in [-0.39, 0.29) is 27.7 Å². The molecule has 0 saturated heterocycles. The van der Waals surface area contributed by atoms with Crippen molar-refractivity contribution in [2.24, 2.45) is 0 Å². The molecule has 0 aliphatic rings. The molecule has 0 atom stereocenters. The van der Waals surface area contributed by atoms with E-state index < -0.39 is 17.6 Å². The Balaban J connectivity index is 1.61. The van der Waals surface area contributed by atoms with Crippen molar-refractivity contribution in [1.29, 1.82) is 0 Å². The fourth-order valence-electron chi connectivity index (χ4n) is 2.33. The highest BCUT2D eigenvalue weighted by Crippen LogP contribution is 2.34. The van der Waals surface area contributed by atoms with Gasteiger partial charge in [0.25, 0.3) is 5.22 Å². The molecule has 8 nitrogen and oxygen atoms in total. The first kappa shape index (κ1) is 22.7. The average Bonchev–Trinajstić information content (AvgIpc) is 3.21. The quantitative estimate of drug-likeness (QED) is 0.498. The van der Waals surface area contributed by atoms with Gasteiger partial charge in [0.15, 0.2) is 17.3 Å². The van der Waals surface area contributed by atoms with Crippen molar-refractivity contribution >= 4 is 35.1 Å². The van der Waals surface area contributed by atoms with E-state index in [1.807, 2.05) is 0 Å². The van der Waals surface area contributed by atoms with E-state index in [0.29, 0.717) is 29.3 Å². The second-order valence-corrected chi connectivity index (χ2v) is 7.17. The van der Waals surface area contributed by atoms with Crippen LogP contribution in [0.25, 0.3) is 11.5 Å². The topological polar surface area (TPSA) is 99.4 Å². The number of carbonyl (C=O) groups is 1. The van der Waals surface area contributed by atoms with Crippen LogP contribution in [0.15, 0.2) is 40.1 Å². The number of nitrogens with zero attached hydrogens (tertiary/aromatic N) is 3. The van der Waals surface area contributed by atoms with Gasteiger partial charge in [-0.1, -0.05) is 23.4 Å². The van der Waals surface area contributed by atoms with Crippen LogP contribution in [0.4, 0.5) is 19.0 Å². The minimum Gasteiger partial charge on any atom is -0.493 e. The Hall–Kier alpha value is -2.99. The fourth-order valence-corrected chi connectivity index (χ4v) is 3.11. The number of halogens is 4. The Morgan fingerprint density at radius 1 is 1.19 bits per heavy atom. The smallest absolute Gasteiger partial charge is 0.417 e. The third-order valence-corrected chi connectivity index (χ3v) is 4.90. The summed E-state index contributed by atoms with van der Waals surface area (Å²) in [5, 5.41) is 9.89. The standard InChI is InChI=1S/C18H14ClF3N4O4S/c1-28-12-4-3-9(5-13(12)29-2)16-25-26-17(30-16)31-8-14(27)24-15-11(19)6-10(7-23-15)18(20,21)22/h3-7H,8H2,1-2H3,(H,23,24,27). The van der Waals surface area contributed by atoms with E-state index in [1.165, 1.54) is 14.2 Å². The van der Waals surface area contributed by atoms with Crippen LogP contribution < -0.4 is 14.8 Å². The Labute approximate surface area is 183 Å². The first-order valence-corrected chi connectivity index (χ1v) is 9.79. The third-order valence-electron chi connectivity index (χ3n) is 3.79. The van der Waals surface area contributed by atoms with Crippen LogP contribution in [0, 0.1) is 0 Å². The van der Waals surface area contributed by atoms with Crippen molar-refractivity contribution in [3.63, 3.8) is 0 Å². The van der Waals surface area contributed by atoms with Gasteiger partial charge >= 0.3 is 6.18 Å². The maximum Gasteiger partial charge on any atom is 0.417 e. The average molecular weight is 475 g/mol. The second-order valence-electron chi connectivity index (χ2n) is 5.83. The van der Waals surface area contributed by atoms with Crippen LogP contribution in [0.1, 0.15) is 5.56 Å². The van der Waals surface area contributed by atoms with Crippen LogP contribution in [0.2, 0.25) is 5.02 Å². The number of hydrogen-bond donors (Lipinski definition) is 1. The summed E-state index contributed by atoms with van der Waals surface area (Å²) in [4.78, 5) is 15.6. The van der Waals surface area contributed by atoms with Crippen molar-refractivity contribution in [3.8, 4) is 23.0 Å². The summed E-state index contributed by atoms with van der Waals surface area (Å²) in [5.41, 5.74) is -0.430. The molecule has 3 rings (SSSR count). The maximum atomic E-state index is 12.6. The number of carbonyl (C=O) groups excluding carboxylic acids is 1. The Morgan fingerprint density at radius 2 is 1.94 bits per heavy atom. The molecule has 0 bridgehead atoms. The second kappa shape index (κ2) is 9.43. The first-order valence-electron chi connectivity index (χ1n) is 8.42. The molecule has 164 valence electrons. The van der Waals surface area contributed by atoms with E-state index in [4.69, 9.17) is 25.5 Å². The predicted molar refractivity (Wildman–Crippen MR) is 106 cm³/mol. The van der Waals surface area contributed by atoms with Crippen LogP contribution in [-0.2, 0) is 11.0 Å². The van der Waals surface area contributed by atoms with Gasteiger partial charge in [0.2, 0.25) is 11.8 Å². The first-order chi connectivity index (χ1) is 14.7. The number of aromatic nitrogens is 3. The summed E-state index contributed by atoms with van der Waals surface area (Å²) < 4.78 is 53.9. The molecule has 0 fully saturated rings. The maximum absolute atomic E-state index is 12.6. The molecule has 1 aromatic carbocycles. The van der Waals surface area contributed by atoms with E-state index in [1.54, 1.807) is 18.2 Å². The summed E-state index contributed by atoms with van der Waals surface area (Å²) in [5.74, 6) is 0.311. The van der Waals surface area contributed by atoms with Crippen LogP contribution in [0.3, 0.4) is 0 Å². The monoisotopic (exact) mass is 474 g/mol. The number of rotatable bonds is 7. The van der Waals surface area contributed by atoms with Gasteiger partial charge in [0.1, 0.15) is 0 Å². The number of nitrogens with one attached hydrogen (secondary N) is 1. The van der Waals surface area contributed by atoms with E-state index >= 15 is 0 Å². The van der Waals surface area contributed by atoms with Crippen molar-refractivity contribution < 1.29 is 31.9 Å². The Morgan fingerprint density at radius 3 is 2.58 bits per heavy atom. The van der Waals surface area contributed by atoms with Gasteiger partial charge in [-0.05, 0) is 24.3 Å². The van der Waals surface area contributed by atoms with Gasteiger partial charge in [-0.2, -0.15) is 13.2 Å². The van der Waals surface area contributed by atoms with Crippen LogP contribution in [0.5, 0.6) is 11.5 Å². The van der Waals surface area contributed by atoms with Crippen molar-refractivity contribution in [2.75, 3.05) is 25.3 Å². The third kappa shape index (κ3) is 5.58. The SMILES string of the molecule is COc1ccc(-c2nnc(SCC(=O)Nc3ncc(C(F)(F)F)cc3Cl)o2)cc1OC. The highest BCUT2D eigenvalue weighted by molar-refractivity contribution is 7.99. The van der Waals surface area contributed by atoms with Gasteiger partial charge < -0.3 is 19.2 Å². The molecular weight excluding hydrogens is 461 g/mol. The number of pyridine rings is 1. The molecule has 1 amide bonds. The zero-order valence-corrected chi connectivity index (χ0v) is 17.6. The Bertz CT molecular complexity index is 1090. The van der Waals surface area contributed by atoms with E-state index in [2.05, 4.69) is 20.5 Å². The number of alkyl halides is 3. The molecule has 1 N–H and O–H groups in total. The van der Waals surface area contributed by atoms with Gasteiger partial charge in [-0.15, -0.1) is 10.2 Å². The molecule has 2 heterocycles. The van der Waals surface area contributed by atoms with Crippen LogP contribution in [-0.4, -0.2) is 41.1 Å². The van der Waals surface area contributed by atoms with Gasteiger partial charge in [0, 0.05) is 11.8 Å². The minimum atomic E-state index is -4.58. The van der Waals surface area contributed by atoms with Crippen LogP contribution >= 0.6 is 23.4 Å². The summed E-state index contributed by atoms with van der Waals surface area (Å²) in [6, 6.07) is 5.73. The van der Waals surface area contributed by atoms with Gasteiger partial charge in [-0.3, -0.25) is 4.79 Å². The molecule has 0 aliphatic carbocycles. The summed E-state index contributed by atoms with van der Waals surface area (Å²) in [7, 11) is 3.00. The lowest BCUT2D eigenvalue weighted by molar-refractivity contribution is -0.137. The lowest BCUT2D eigenvalue weighted by Crippen LogP contribution is -2.16. The molecule has 13 heteroatoms. The molecule has 0 saturated carbocycles. The zero-order chi connectivity index (χ0) is 22.6. The number of ether oxygens (including phenoxy) is 2. The highest BCUT2D eigenvalue weighted by Gasteiger charge is 2.31. The Kier molecular flexibility index (Phi) is 6.91. The number of thioether (sulfide) groups is 1. The molecule has 0 unspecified atom stereocenters. The molecule has 0 radical (unpaired) electrons. The van der Waals surface area contributed by atoms with Crippen molar-refractivity contribution in [2.45, 2.75) is 11.4 Å². The summed E-state index contributed by atoms with van der Waals surface area (Å²) >= 11 is 6.71. The summed E-state index contributed by atoms with van der Waals surface area (Å²) in [6.45, 7) is 0. The fraction of sp³-hybridized carbons (Fsp3) is 0.222. The summed E-state index contributed by atoms with van der Waals surface area (Å²) in [6.07, 6.45) is -4.00. The van der Waals surface area contributed by atoms with Crippen molar-refractivity contribution in [1.82, 2.24) is 15.2 Å². The number of amides is 1.